The molecule has 1 aromatic heterocycles. The monoisotopic (exact) mass is 450 g/mol. The fraction of sp³-hybridized carbons (Fsp3) is 0.556. The quantitative estimate of drug-likeness (QED) is 0.608. The Hall–Kier alpha value is -2.14. The molecule has 3 unspecified atom stereocenters. The fourth-order valence-corrected chi connectivity index (χ4v) is 8.07. The SMILES string of the molecule is CC1CCc2c(sc(NC(=O)c3ccccc3)c2C(=O)N2CC3(C)CC2CC(C)(C)C3)C1. The number of amides is 2. The second-order valence-electron chi connectivity index (χ2n) is 11.5. The van der Waals surface area contributed by atoms with Crippen LogP contribution in [0.1, 0.15) is 84.5 Å². The first-order chi connectivity index (χ1) is 15.1. The molecule has 2 aromatic rings. The Morgan fingerprint density at radius 3 is 2.62 bits per heavy atom. The van der Waals surface area contributed by atoms with Gasteiger partial charge in [-0.1, -0.05) is 45.9 Å². The van der Waals surface area contributed by atoms with Gasteiger partial charge in [-0.05, 0) is 73.0 Å². The van der Waals surface area contributed by atoms with Crippen LogP contribution in [0.3, 0.4) is 0 Å². The molecule has 2 amide bonds. The summed E-state index contributed by atoms with van der Waals surface area (Å²) in [4.78, 5) is 30.5. The lowest BCUT2D eigenvalue weighted by Crippen LogP contribution is -2.38. The first-order valence-corrected chi connectivity index (χ1v) is 12.8. The van der Waals surface area contributed by atoms with Crippen LogP contribution in [0.5, 0.6) is 0 Å². The molecule has 5 heteroatoms. The van der Waals surface area contributed by atoms with Crippen molar-refractivity contribution in [3.63, 3.8) is 0 Å². The third kappa shape index (κ3) is 3.89. The van der Waals surface area contributed by atoms with Gasteiger partial charge in [-0.3, -0.25) is 9.59 Å². The molecule has 1 N–H and O–H groups in total. The molecule has 1 aliphatic heterocycles. The van der Waals surface area contributed by atoms with E-state index in [4.69, 9.17) is 0 Å². The maximum absolute atomic E-state index is 14.1. The lowest BCUT2D eigenvalue weighted by Gasteiger charge is -2.39. The molecule has 32 heavy (non-hydrogen) atoms. The lowest BCUT2D eigenvalue weighted by molar-refractivity contribution is 0.0708. The Labute approximate surface area is 195 Å². The summed E-state index contributed by atoms with van der Waals surface area (Å²) in [6.07, 6.45) is 6.34. The number of nitrogens with zero attached hydrogens (tertiary/aromatic N) is 1. The van der Waals surface area contributed by atoms with Crippen LogP contribution in [0.2, 0.25) is 0 Å². The van der Waals surface area contributed by atoms with Crippen molar-refractivity contribution in [2.24, 2.45) is 16.7 Å². The number of nitrogens with one attached hydrogen (secondary N) is 1. The zero-order valence-electron chi connectivity index (χ0n) is 19.7. The largest absolute Gasteiger partial charge is 0.335 e. The van der Waals surface area contributed by atoms with Gasteiger partial charge >= 0.3 is 0 Å². The van der Waals surface area contributed by atoms with Crippen LogP contribution in [0.25, 0.3) is 0 Å². The maximum Gasteiger partial charge on any atom is 0.257 e. The summed E-state index contributed by atoms with van der Waals surface area (Å²) in [6.45, 7) is 10.1. The summed E-state index contributed by atoms with van der Waals surface area (Å²) in [5.41, 5.74) is 3.04. The van der Waals surface area contributed by atoms with E-state index in [9.17, 15) is 9.59 Å². The molecule has 3 atom stereocenters. The van der Waals surface area contributed by atoms with E-state index in [0.717, 1.165) is 55.6 Å². The van der Waals surface area contributed by atoms with Gasteiger partial charge in [0.1, 0.15) is 5.00 Å². The van der Waals surface area contributed by atoms with Crippen LogP contribution < -0.4 is 5.32 Å². The van der Waals surface area contributed by atoms with E-state index in [-0.39, 0.29) is 22.6 Å². The van der Waals surface area contributed by atoms with Gasteiger partial charge in [0.05, 0.1) is 5.56 Å². The van der Waals surface area contributed by atoms with Crippen molar-refractivity contribution in [3.8, 4) is 0 Å². The van der Waals surface area contributed by atoms with E-state index in [2.05, 4.69) is 37.9 Å². The van der Waals surface area contributed by atoms with Crippen molar-refractivity contribution in [1.29, 1.82) is 0 Å². The van der Waals surface area contributed by atoms with Gasteiger partial charge in [-0.2, -0.15) is 0 Å². The summed E-state index contributed by atoms with van der Waals surface area (Å²) in [7, 11) is 0. The van der Waals surface area contributed by atoms with E-state index < -0.39 is 0 Å². The van der Waals surface area contributed by atoms with E-state index in [0.29, 0.717) is 17.5 Å². The third-order valence-corrected chi connectivity index (χ3v) is 8.83. The van der Waals surface area contributed by atoms with E-state index in [1.165, 1.54) is 10.4 Å². The highest BCUT2D eigenvalue weighted by Gasteiger charge is 2.51. The number of anilines is 1. The maximum atomic E-state index is 14.1. The van der Waals surface area contributed by atoms with Crippen molar-refractivity contribution in [2.75, 3.05) is 11.9 Å². The molecule has 3 aliphatic rings. The number of benzene rings is 1. The second kappa shape index (κ2) is 7.72. The first-order valence-electron chi connectivity index (χ1n) is 12.0. The Morgan fingerprint density at radius 1 is 1.12 bits per heavy atom. The zero-order valence-corrected chi connectivity index (χ0v) is 20.5. The normalized spacial score (nSPS) is 28.3. The lowest BCUT2D eigenvalue weighted by atomic mass is 9.65. The third-order valence-electron chi connectivity index (χ3n) is 7.66. The molecule has 4 nitrogen and oxygen atoms in total. The average Bonchev–Trinajstić information content (AvgIpc) is 3.20. The van der Waals surface area contributed by atoms with Crippen LogP contribution in [0.4, 0.5) is 5.00 Å². The average molecular weight is 451 g/mol. The summed E-state index contributed by atoms with van der Waals surface area (Å²) in [5, 5.41) is 3.87. The summed E-state index contributed by atoms with van der Waals surface area (Å²) in [6, 6.07) is 9.58. The zero-order chi connectivity index (χ0) is 22.7. The second-order valence-corrected chi connectivity index (χ2v) is 12.6. The van der Waals surface area contributed by atoms with Crippen LogP contribution in [0, 0.1) is 16.7 Å². The molecule has 2 heterocycles. The Morgan fingerprint density at radius 2 is 1.88 bits per heavy atom. The van der Waals surface area contributed by atoms with Gasteiger partial charge in [0, 0.05) is 23.0 Å². The molecule has 0 spiro atoms. The van der Waals surface area contributed by atoms with Gasteiger partial charge in [0.25, 0.3) is 11.8 Å². The fourth-order valence-electron chi connectivity index (χ4n) is 6.67. The molecule has 2 fully saturated rings. The smallest absolute Gasteiger partial charge is 0.257 e. The van der Waals surface area contributed by atoms with Crippen LogP contribution in [0.15, 0.2) is 30.3 Å². The van der Waals surface area contributed by atoms with Crippen molar-refractivity contribution < 1.29 is 9.59 Å². The van der Waals surface area contributed by atoms with Crippen LogP contribution >= 0.6 is 11.3 Å². The topological polar surface area (TPSA) is 49.4 Å². The Bertz CT molecular complexity index is 1060. The molecular weight excluding hydrogens is 416 g/mol. The number of hydrogen-bond donors (Lipinski definition) is 1. The summed E-state index contributed by atoms with van der Waals surface area (Å²) < 4.78 is 0. The van der Waals surface area contributed by atoms with Gasteiger partial charge in [0.2, 0.25) is 0 Å². The predicted octanol–water partition coefficient (Wildman–Crippen LogP) is 6.17. The number of likely N-dealkylation sites (tertiary alicyclic amines) is 1. The van der Waals surface area contributed by atoms with E-state index in [1.807, 2.05) is 30.3 Å². The number of thiophene rings is 1. The molecular formula is C27H34N2O2S. The number of fused-ring (bicyclic) bond motifs is 3. The van der Waals surface area contributed by atoms with Crippen molar-refractivity contribution >= 4 is 28.2 Å². The molecule has 170 valence electrons. The summed E-state index contributed by atoms with van der Waals surface area (Å²) in [5.74, 6) is 0.610. The number of carbonyl (C=O) groups is 2. The molecule has 5 rings (SSSR count). The minimum absolute atomic E-state index is 0.131. The van der Waals surface area contributed by atoms with Gasteiger partial charge in [-0.15, -0.1) is 11.3 Å². The highest BCUT2D eigenvalue weighted by atomic mass is 32.1. The van der Waals surface area contributed by atoms with Crippen LogP contribution in [-0.4, -0.2) is 29.3 Å². The highest BCUT2D eigenvalue weighted by molar-refractivity contribution is 7.17. The molecule has 1 saturated heterocycles. The van der Waals surface area contributed by atoms with Gasteiger partial charge < -0.3 is 10.2 Å². The molecule has 2 aliphatic carbocycles. The van der Waals surface area contributed by atoms with Crippen molar-refractivity contribution in [1.82, 2.24) is 4.90 Å². The standard InChI is InChI=1S/C27H34N2O2S/c1-17-10-11-20-21(12-17)32-24(28-23(30)18-8-6-5-7-9-18)22(20)25(31)29-16-27(4)14-19(29)13-26(2,3)15-27/h5-9,17,19H,10-16H2,1-4H3,(H,28,30). The van der Waals surface area contributed by atoms with Crippen molar-refractivity contribution in [3.05, 3.63) is 51.9 Å². The Kier molecular flexibility index (Phi) is 5.23. The molecule has 1 saturated carbocycles. The number of hydrogen-bond acceptors (Lipinski definition) is 3. The Balaban J connectivity index is 1.50. The minimum atomic E-state index is -0.139. The van der Waals surface area contributed by atoms with Gasteiger partial charge in [-0.25, -0.2) is 0 Å². The predicted molar refractivity (Wildman–Crippen MR) is 130 cm³/mol. The number of carbonyl (C=O) groups excluding carboxylic acids is 2. The molecule has 0 radical (unpaired) electrons. The number of rotatable bonds is 3. The van der Waals surface area contributed by atoms with Crippen molar-refractivity contribution in [2.45, 2.75) is 72.3 Å². The highest BCUT2D eigenvalue weighted by Crippen LogP contribution is 2.53. The minimum Gasteiger partial charge on any atom is -0.335 e. The van der Waals surface area contributed by atoms with E-state index >= 15 is 0 Å². The molecule has 1 aromatic carbocycles. The molecule has 2 bridgehead atoms. The van der Waals surface area contributed by atoms with E-state index in [1.54, 1.807) is 11.3 Å². The van der Waals surface area contributed by atoms with Gasteiger partial charge in [0.15, 0.2) is 0 Å². The summed E-state index contributed by atoms with van der Waals surface area (Å²) >= 11 is 1.62. The first kappa shape index (κ1) is 21.7. The van der Waals surface area contributed by atoms with Crippen LogP contribution in [-0.2, 0) is 12.8 Å².